The number of carbonyl (C=O) groups is 1. The van der Waals surface area contributed by atoms with E-state index in [1.165, 1.54) is 0 Å². The van der Waals surface area contributed by atoms with Gasteiger partial charge in [-0.05, 0) is 36.8 Å². The number of benzene rings is 2. The Kier molecular flexibility index (Phi) is 5.66. The lowest BCUT2D eigenvalue weighted by atomic mass is 10.2. The molecule has 0 unspecified atom stereocenters. The molecule has 1 aromatic heterocycles. The summed E-state index contributed by atoms with van der Waals surface area (Å²) in [4.78, 5) is 22.0. The van der Waals surface area contributed by atoms with Gasteiger partial charge in [0.15, 0.2) is 0 Å². The minimum Gasteiger partial charge on any atom is -0.342 e. The fourth-order valence-electron chi connectivity index (χ4n) is 2.55. The standard InChI is InChI=1S/C21H23N5O/c1-15-13-22-21(24-18-9-5-4-6-10-18)25-20(15)23-19-11-7-8-17(12-19)14-26(3)16(2)27/h4-13H,14H2,1-3H3,(H2,22,23,24,25). The number of aryl methyl sites for hydroxylation is 1. The molecule has 0 aliphatic rings. The third-order valence-corrected chi connectivity index (χ3v) is 4.15. The van der Waals surface area contributed by atoms with Crippen LogP contribution in [0.15, 0.2) is 60.8 Å². The number of para-hydroxylation sites is 1. The molecular formula is C21H23N5O. The Morgan fingerprint density at radius 3 is 2.52 bits per heavy atom. The lowest BCUT2D eigenvalue weighted by Gasteiger charge is -2.16. The van der Waals surface area contributed by atoms with E-state index in [0.717, 1.165) is 28.3 Å². The molecule has 3 aromatic rings. The van der Waals surface area contributed by atoms with Crippen molar-refractivity contribution in [2.75, 3.05) is 17.7 Å². The average Bonchev–Trinajstić information content (AvgIpc) is 2.65. The fourth-order valence-corrected chi connectivity index (χ4v) is 2.55. The van der Waals surface area contributed by atoms with E-state index >= 15 is 0 Å². The van der Waals surface area contributed by atoms with E-state index in [4.69, 9.17) is 0 Å². The van der Waals surface area contributed by atoms with Crippen LogP contribution >= 0.6 is 0 Å². The molecule has 138 valence electrons. The van der Waals surface area contributed by atoms with Crippen LogP contribution in [0.2, 0.25) is 0 Å². The van der Waals surface area contributed by atoms with Crippen LogP contribution < -0.4 is 10.6 Å². The molecule has 6 heteroatoms. The summed E-state index contributed by atoms with van der Waals surface area (Å²) in [5.74, 6) is 1.30. The Morgan fingerprint density at radius 1 is 1.04 bits per heavy atom. The van der Waals surface area contributed by atoms with Crippen molar-refractivity contribution < 1.29 is 4.79 Å². The molecule has 0 fully saturated rings. The third-order valence-electron chi connectivity index (χ3n) is 4.15. The van der Waals surface area contributed by atoms with Gasteiger partial charge in [0.25, 0.3) is 0 Å². The summed E-state index contributed by atoms with van der Waals surface area (Å²) < 4.78 is 0. The predicted octanol–water partition coefficient (Wildman–Crippen LogP) is 4.25. The summed E-state index contributed by atoms with van der Waals surface area (Å²) in [5, 5.41) is 6.55. The van der Waals surface area contributed by atoms with Gasteiger partial charge in [-0.25, -0.2) is 4.98 Å². The number of nitrogens with one attached hydrogen (secondary N) is 2. The second-order valence-corrected chi connectivity index (χ2v) is 6.42. The Bertz CT molecular complexity index is 927. The highest BCUT2D eigenvalue weighted by atomic mass is 16.2. The van der Waals surface area contributed by atoms with Crippen LogP contribution in [0.1, 0.15) is 18.1 Å². The molecule has 3 rings (SSSR count). The number of anilines is 4. The summed E-state index contributed by atoms with van der Waals surface area (Å²) in [6.07, 6.45) is 1.79. The quantitative estimate of drug-likeness (QED) is 0.687. The number of carbonyl (C=O) groups excluding carboxylic acids is 1. The molecule has 1 amide bonds. The van der Waals surface area contributed by atoms with Gasteiger partial charge in [0.1, 0.15) is 5.82 Å². The topological polar surface area (TPSA) is 70.2 Å². The number of aromatic nitrogens is 2. The molecule has 0 bridgehead atoms. The van der Waals surface area contributed by atoms with Gasteiger partial charge in [0.2, 0.25) is 11.9 Å². The predicted molar refractivity (Wildman–Crippen MR) is 108 cm³/mol. The van der Waals surface area contributed by atoms with Crippen molar-refractivity contribution in [2.24, 2.45) is 0 Å². The monoisotopic (exact) mass is 361 g/mol. The summed E-state index contributed by atoms with van der Waals surface area (Å²) in [7, 11) is 1.79. The van der Waals surface area contributed by atoms with Crippen molar-refractivity contribution in [1.82, 2.24) is 14.9 Å². The van der Waals surface area contributed by atoms with E-state index in [1.54, 1.807) is 25.1 Å². The SMILES string of the molecule is CC(=O)N(C)Cc1cccc(Nc2nc(Nc3ccccc3)ncc2C)c1. The second-order valence-electron chi connectivity index (χ2n) is 6.42. The zero-order valence-electron chi connectivity index (χ0n) is 15.7. The molecule has 6 nitrogen and oxygen atoms in total. The summed E-state index contributed by atoms with van der Waals surface area (Å²) in [6.45, 7) is 4.09. The van der Waals surface area contributed by atoms with Gasteiger partial charge in [0.05, 0.1) is 0 Å². The molecule has 2 aromatic carbocycles. The van der Waals surface area contributed by atoms with E-state index in [9.17, 15) is 4.79 Å². The largest absolute Gasteiger partial charge is 0.342 e. The Morgan fingerprint density at radius 2 is 1.78 bits per heavy atom. The fraction of sp³-hybridized carbons (Fsp3) is 0.190. The van der Waals surface area contributed by atoms with Gasteiger partial charge < -0.3 is 15.5 Å². The maximum atomic E-state index is 11.4. The van der Waals surface area contributed by atoms with Crippen molar-refractivity contribution in [2.45, 2.75) is 20.4 Å². The van der Waals surface area contributed by atoms with Gasteiger partial charge in [-0.3, -0.25) is 4.79 Å². The smallest absolute Gasteiger partial charge is 0.229 e. The molecule has 0 aliphatic carbocycles. The molecule has 0 aliphatic heterocycles. The molecule has 1 heterocycles. The van der Waals surface area contributed by atoms with Crippen molar-refractivity contribution >= 4 is 29.0 Å². The van der Waals surface area contributed by atoms with Gasteiger partial charge in [-0.15, -0.1) is 0 Å². The Hall–Kier alpha value is -3.41. The van der Waals surface area contributed by atoms with Crippen LogP contribution in [0.5, 0.6) is 0 Å². The molecule has 0 saturated heterocycles. The Balaban J connectivity index is 1.77. The van der Waals surface area contributed by atoms with E-state index in [2.05, 4.69) is 20.6 Å². The van der Waals surface area contributed by atoms with Crippen LogP contribution in [0.4, 0.5) is 23.1 Å². The number of rotatable bonds is 6. The Labute approximate surface area is 159 Å². The van der Waals surface area contributed by atoms with Crippen LogP contribution in [0.25, 0.3) is 0 Å². The molecule has 0 atom stereocenters. The highest BCUT2D eigenvalue weighted by Gasteiger charge is 2.07. The van der Waals surface area contributed by atoms with Crippen LogP contribution in [-0.2, 0) is 11.3 Å². The summed E-state index contributed by atoms with van der Waals surface area (Å²) in [5.41, 5.74) is 3.84. The van der Waals surface area contributed by atoms with Crippen LogP contribution in [0, 0.1) is 6.92 Å². The average molecular weight is 361 g/mol. The third kappa shape index (κ3) is 5.04. The van der Waals surface area contributed by atoms with Crippen LogP contribution in [-0.4, -0.2) is 27.8 Å². The first kappa shape index (κ1) is 18.4. The maximum Gasteiger partial charge on any atom is 0.229 e. The molecule has 0 radical (unpaired) electrons. The van der Waals surface area contributed by atoms with Crippen LogP contribution in [0.3, 0.4) is 0 Å². The van der Waals surface area contributed by atoms with Gasteiger partial charge >= 0.3 is 0 Å². The zero-order valence-corrected chi connectivity index (χ0v) is 15.7. The molecule has 2 N–H and O–H groups in total. The number of hydrogen-bond acceptors (Lipinski definition) is 5. The van der Waals surface area contributed by atoms with Gasteiger partial charge in [-0.1, -0.05) is 30.3 Å². The van der Waals surface area contributed by atoms with E-state index in [-0.39, 0.29) is 5.91 Å². The minimum atomic E-state index is 0.0386. The lowest BCUT2D eigenvalue weighted by Crippen LogP contribution is -2.22. The molecule has 27 heavy (non-hydrogen) atoms. The maximum absolute atomic E-state index is 11.4. The van der Waals surface area contributed by atoms with Crippen molar-refractivity contribution in [3.63, 3.8) is 0 Å². The number of amides is 1. The van der Waals surface area contributed by atoms with E-state index < -0.39 is 0 Å². The first-order valence-electron chi connectivity index (χ1n) is 8.74. The minimum absolute atomic E-state index is 0.0386. The lowest BCUT2D eigenvalue weighted by molar-refractivity contribution is -0.128. The second kappa shape index (κ2) is 8.31. The zero-order chi connectivity index (χ0) is 19.2. The normalized spacial score (nSPS) is 10.3. The van der Waals surface area contributed by atoms with Gasteiger partial charge in [-0.2, -0.15) is 4.98 Å². The summed E-state index contributed by atoms with van der Waals surface area (Å²) >= 11 is 0. The molecular weight excluding hydrogens is 338 g/mol. The highest BCUT2D eigenvalue weighted by molar-refractivity contribution is 5.73. The summed E-state index contributed by atoms with van der Waals surface area (Å²) in [6, 6.07) is 17.8. The van der Waals surface area contributed by atoms with E-state index in [1.807, 2.05) is 61.5 Å². The first-order chi connectivity index (χ1) is 13.0. The molecule has 0 saturated carbocycles. The van der Waals surface area contributed by atoms with Gasteiger partial charge in [0, 0.05) is 43.7 Å². The first-order valence-corrected chi connectivity index (χ1v) is 8.74. The van der Waals surface area contributed by atoms with E-state index in [0.29, 0.717) is 12.5 Å². The van der Waals surface area contributed by atoms with Crippen molar-refractivity contribution in [1.29, 1.82) is 0 Å². The van der Waals surface area contributed by atoms with Crippen molar-refractivity contribution in [3.05, 3.63) is 71.9 Å². The van der Waals surface area contributed by atoms with Crippen molar-refractivity contribution in [3.8, 4) is 0 Å². The number of nitrogens with zero attached hydrogens (tertiary/aromatic N) is 3. The highest BCUT2D eigenvalue weighted by Crippen LogP contribution is 2.22. The molecule has 0 spiro atoms. The number of hydrogen-bond donors (Lipinski definition) is 2.